The van der Waals surface area contributed by atoms with Gasteiger partial charge < -0.3 is 14.8 Å². The summed E-state index contributed by atoms with van der Waals surface area (Å²) in [5, 5.41) is 3.63. The van der Waals surface area contributed by atoms with Crippen LogP contribution in [-0.2, 0) is 26.8 Å². The van der Waals surface area contributed by atoms with Crippen molar-refractivity contribution in [3.8, 4) is 18.1 Å². The molecule has 2 fully saturated rings. The summed E-state index contributed by atoms with van der Waals surface area (Å²) in [5.74, 6) is 3.59. The van der Waals surface area contributed by atoms with E-state index in [0.717, 1.165) is 60.0 Å². The lowest BCUT2D eigenvalue weighted by Gasteiger charge is -2.46. The third-order valence-corrected chi connectivity index (χ3v) is 9.80. The molecule has 1 aliphatic carbocycles. The van der Waals surface area contributed by atoms with Crippen LogP contribution in [0.5, 0.6) is 5.75 Å². The summed E-state index contributed by atoms with van der Waals surface area (Å²) in [4.78, 5) is 6.79. The number of benzene rings is 1. The van der Waals surface area contributed by atoms with Crippen molar-refractivity contribution in [3.63, 3.8) is 0 Å². The molecule has 0 amide bonds. The second-order valence-electron chi connectivity index (χ2n) is 10.6. The van der Waals surface area contributed by atoms with Crippen LogP contribution in [0.3, 0.4) is 0 Å². The van der Waals surface area contributed by atoms with Gasteiger partial charge in [-0.3, -0.25) is 9.54 Å². The molecule has 7 nitrogen and oxygen atoms in total. The fourth-order valence-electron chi connectivity index (χ4n) is 5.81. The van der Waals surface area contributed by atoms with Gasteiger partial charge in [0.05, 0.1) is 27.4 Å². The second kappa shape index (κ2) is 13.3. The molecule has 0 bridgehead atoms. The van der Waals surface area contributed by atoms with Gasteiger partial charge in [0, 0.05) is 36.5 Å². The average Bonchev–Trinajstić information content (AvgIpc) is 3.58. The van der Waals surface area contributed by atoms with Crippen LogP contribution in [0.25, 0.3) is 0 Å². The van der Waals surface area contributed by atoms with Crippen molar-refractivity contribution < 1.29 is 22.4 Å². The summed E-state index contributed by atoms with van der Waals surface area (Å²) in [5.41, 5.74) is 2.33. The van der Waals surface area contributed by atoms with Crippen LogP contribution in [0.15, 0.2) is 59.6 Å². The lowest BCUT2D eigenvalue weighted by Crippen LogP contribution is -2.47. The first-order chi connectivity index (χ1) is 19.2. The average molecular weight is 583 g/mol. The quantitative estimate of drug-likeness (QED) is 0.193. The summed E-state index contributed by atoms with van der Waals surface area (Å²) < 4.78 is 41.4. The Kier molecular flexibility index (Phi) is 10.0. The van der Waals surface area contributed by atoms with E-state index in [-0.39, 0.29) is 15.9 Å². The van der Waals surface area contributed by atoms with E-state index in [1.165, 1.54) is 43.5 Å². The van der Waals surface area contributed by atoms with Crippen LogP contribution in [0.2, 0.25) is 0 Å². The molecule has 3 heterocycles. The molecule has 5 rings (SSSR count). The molecule has 1 atom stereocenters. The SMILES string of the molecule is C#Cc1cc(OC)c(CNCC[C@@]2(c3ccccn3)CCOC3(CCCC3)C2)s1.Cc1ccc(S(=O)(=O)O)cc1. The Morgan fingerprint density at radius 1 is 1.18 bits per heavy atom. The summed E-state index contributed by atoms with van der Waals surface area (Å²) in [6.07, 6.45) is 15.6. The number of ether oxygens (including phenoxy) is 2. The largest absolute Gasteiger partial charge is 0.495 e. The van der Waals surface area contributed by atoms with Gasteiger partial charge in [-0.15, -0.1) is 17.8 Å². The van der Waals surface area contributed by atoms with Gasteiger partial charge in [0.15, 0.2) is 0 Å². The topological polar surface area (TPSA) is 97.8 Å². The fraction of sp³-hybridized carbons (Fsp3) is 0.452. The summed E-state index contributed by atoms with van der Waals surface area (Å²) in [6.45, 7) is 4.38. The Bertz CT molecular complexity index is 1390. The second-order valence-corrected chi connectivity index (χ2v) is 13.2. The van der Waals surface area contributed by atoms with E-state index in [2.05, 4.69) is 23.4 Å². The van der Waals surface area contributed by atoms with Crippen LogP contribution in [0.4, 0.5) is 0 Å². The molecule has 1 saturated carbocycles. The minimum Gasteiger partial charge on any atom is -0.495 e. The Morgan fingerprint density at radius 2 is 1.93 bits per heavy atom. The van der Waals surface area contributed by atoms with Crippen molar-refractivity contribution in [2.75, 3.05) is 20.3 Å². The highest BCUT2D eigenvalue weighted by Crippen LogP contribution is 2.49. The van der Waals surface area contributed by atoms with E-state index in [1.807, 2.05) is 25.3 Å². The van der Waals surface area contributed by atoms with Crippen LogP contribution in [0, 0.1) is 19.3 Å². The van der Waals surface area contributed by atoms with E-state index in [1.54, 1.807) is 30.6 Å². The first-order valence-corrected chi connectivity index (χ1v) is 15.9. The zero-order valence-corrected chi connectivity index (χ0v) is 24.8. The van der Waals surface area contributed by atoms with Crippen molar-refractivity contribution >= 4 is 21.5 Å². The third kappa shape index (κ3) is 7.50. The number of nitrogens with one attached hydrogen (secondary N) is 1. The highest BCUT2D eigenvalue weighted by atomic mass is 32.2. The number of hydrogen-bond acceptors (Lipinski definition) is 7. The van der Waals surface area contributed by atoms with Gasteiger partial charge in [0.1, 0.15) is 5.75 Å². The molecular weight excluding hydrogens is 544 g/mol. The van der Waals surface area contributed by atoms with Crippen LogP contribution >= 0.6 is 11.3 Å². The fourth-order valence-corrected chi connectivity index (χ4v) is 7.20. The van der Waals surface area contributed by atoms with E-state index >= 15 is 0 Å². The van der Waals surface area contributed by atoms with Crippen molar-refractivity contribution in [2.45, 2.75) is 74.3 Å². The molecule has 1 saturated heterocycles. The van der Waals surface area contributed by atoms with Crippen molar-refractivity contribution in [1.82, 2.24) is 10.3 Å². The van der Waals surface area contributed by atoms with Crippen molar-refractivity contribution in [1.29, 1.82) is 0 Å². The molecule has 1 aliphatic heterocycles. The number of pyridine rings is 1. The van der Waals surface area contributed by atoms with Crippen molar-refractivity contribution in [2.24, 2.45) is 0 Å². The normalized spacial score (nSPS) is 19.9. The van der Waals surface area contributed by atoms with E-state index in [4.69, 9.17) is 25.4 Å². The number of methoxy groups -OCH3 is 1. The van der Waals surface area contributed by atoms with Crippen LogP contribution in [0.1, 0.15) is 66.0 Å². The highest BCUT2D eigenvalue weighted by molar-refractivity contribution is 7.85. The van der Waals surface area contributed by atoms with Crippen LogP contribution < -0.4 is 10.1 Å². The van der Waals surface area contributed by atoms with E-state index < -0.39 is 10.1 Å². The maximum atomic E-state index is 10.5. The number of rotatable bonds is 8. The predicted molar refractivity (Wildman–Crippen MR) is 158 cm³/mol. The summed E-state index contributed by atoms with van der Waals surface area (Å²) in [7, 11) is -2.32. The molecule has 214 valence electrons. The number of terminal acetylenes is 1. The predicted octanol–water partition coefficient (Wildman–Crippen LogP) is 5.92. The molecule has 1 spiro atoms. The van der Waals surface area contributed by atoms with Gasteiger partial charge in [-0.1, -0.05) is 42.5 Å². The Morgan fingerprint density at radius 3 is 2.55 bits per heavy atom. The number of thiophene rings is 1. The van der Waals surface area contributed by atoms with Gasteiger partial charge in [-0.05, 0) is 69.8 Å². The first kappa shape index (κ1) is 30.2. The standard InChI is InChI=1S/C24H30N2O2S.C7H8O3S/c1-3-19-16-20(27-2)21(29-19)17-25-14-11-23(22-8-4-7-13-26-22)12-15-28-24(18-23)9-5-6-10-24;1-6-2-4-7(5-3-6)11(8,9)10/h1,4,7-8,13,16,25H,5-6,9-12,14-15,17-18H2,2H3;2-5H,1H3,(H,8,9,10)/t23-;/m1./s1. The van der Waals surface area contributed by atoms with Gasteiger partial charge in [0.2, 0.25) is 0 Å². The molecule has 0 unspecified atom stereocenters. The minimum absolute atomic E-state index is 0.0639. The first-order valence-electron chi connectivity index (χ1n) is 13.6. The number of nitrogens with zero attached hydrogens (tertiary/aromatic N) is 1. The third-order valence-electron chi connectivity index (χ3n) is 7.89. The molecule has 2 aromatic heterocycles. The van der Waals surface area contributed by atoms with Gasteiger partial charge in [-0.25, -0.2) is 0 Å². The molecular formula is C31H38N2O5S2. The number of hydrogen-bond donors (Lipinski definition) is 2. The van der Waals surface area contributed by atoms with E-state index in [9.17, 15) is 8.42 Å². The molecule has 2 N–H and O–H groups in total. The minimum atomic E-state index is -4.02. The number of aromatic nitrogens is 1. The monoisotopic (exact) mass is 582 g/mol. The smallest absolute Gasteiger partial charge is 0.294 e. The molecule has 9 heteroatoms. The summed E-state index contributed by atoms with van der Waals surface area (Å²) >= 11 is 1.62. The van der Waals surface area contributed by atoms with Gasteiger partial charge >= 0.3 is 0 Å². The van der Waals surface area contributed by atoms with Crippen LogP contribution in [-0.4, -0.2) is 43.8 Å². The Labute approximate surface area is 242 Å². The molecule has 40 heavy (non-hydrogen) atoms. The molecule has 0 radical (unpaired) electrons. The van der Waals surface area contributed by atoms with Gasteiger partial charge in [0.25, 0.3) is 10.1 Å². The zero-order chi connectivity index (χ0) is 28.6. The molecule has 3 aromatic rings. The maximum absolute atomic E-state index is 10.5. The van der Waals surface area contributed by atoms with Crippen molar-refractivity contribution in [3.05, 3.63) is 75.7 Å². The molecule has 2 aliphatic rings. The Hall–Kier alpha value is -2.74. The molecule has 1 aromatic carbocycles. The number of aryl methyl sites for hydroxylation is 1. The lowest BCUT2D eigenvalue weighted by atomic mass is 9.68. The summed E-state index contributed by atoms with van der Waals surface area (Å²) in [6, 6.07) is 14.3. The highest BCUT2D eigenvalue weighted by Gasteiger charge is 2.48. The maximum Gasteiger partial charge on any atom is 0.294 e. The lowest BCUT2D eigenvalue weighted by molar-refractivity contribution is -0.104. The zero-order valence-electron chi connectivity index (χ0n) is 23.2. The van der Waals surface area contributed by atoms with E-state index in [0.29, 0.717) is 0 Å². The van der Waals surface area contributed by atoms with Gasteiger partial charge in [-0.2, -0.15) is 8.42 Å². The Balaban J connectivity index is 0.000000283.